The summed E-state index contributed by atoms with van der Waals surface area (Å²) in [5, 5.41) is 6.31. The molecule has 1 atom stereocenters. The van der Waals surface area contributed by atoms with Crippen LogP contribution < -0.4 is 10.6 Å². The summed E-state index contributed by atoms with van der Waals surface area (Å²) in [7, 11) is 0. The smallest absolute Gasteiger partial charge is 0.220 e. The van der Waals surface area contributed by atoms with Gasteiger partial charge in [0.2, 0.25) is 5.91 Å². The van der Waals surface area contributed by atoms with Crippen LogP contribution in [0.4, 0.5) is 0 Å². The Morgan fingerprint density at radius 1 is 1.56 bits per heavy atom. The van der Waals surface area contributed by atoms with E-state index in [2.05, 4.69) is 45.6 Å². The number of halogens is 1. The van der Waals surface area contributed by atoms with Gasteiger partial charge in [-0.05, 0) is 43.5 Å². The van der Waals surface area contributed by atoms with Gasteiger partial charge in [-0.2, -0.15) is 0 Å². The van der Waals surface area contributed by atoms with Gasteiger partial charge in [-0.1, -0.05) is 28.1 Å². The minimum absolute atomic E-state index is 0.157. The normalized spacial score (nSPS) is 18.9. The molecule has 1 amide bonds. The van der Waals surface area contributed by atoms with E-state index in [0.717, 1.165) is 30.4 Å². The number of carbonyl (C=O) groups is 1. The zero-order chi connectivity index (χ0) is 13.0. The Morgan fingerprint density at radius 3 is 3.06 bits per heavy atom. The summed E-state index contributed by atoms with van der Waals surface area (Å²) in [4.78, 5) is 11.8. The van der Waals surface area contributed by atoms with Crippen molar-refractivity contribution in [3.05, 3.63) is 33.8 Å². The van der Waals surface area contributed by atoms with Crippen molar-refractivity contribution in [2.75, 3.05) is 13.1 Å². The molecule has 1 aliphatic rings. The number of carbonyl (C=O) groups excluding carboxylic acids is 1. The highest BCUT2D eigenvalue weighted by atomic mass is 79.9. The molecule has 1 aliphatic heterocycles. The van der Waals surface area contributed by atoms with Crippen molar-refractivity contribution >= 4 is 21.8 Å². The summed E-state index contributed by atoms with van der Waals surface area (Å²) >= 11 is 3.48. The molecule has 1 fully saturated rings. The zero-order valence-corrected chi connectivity index (χ0v) is 12.2. The first-order valence-electron chi connectivity index (χ1n) is 6.40. The van der Waals surface area contributed by atoms with Gasteiger partial charge >= 0.3 is 0 Å². The number of aryl methyl sites for hydroxylation is 2. The maximum Gasteiger partial charge on any atom is 0.220 e. The van der Waals surface area contributed by atoms with E-state index >= 15 is 0 Å². The molecule has 1 heterocycles. The van der Waals surface area contributed by atoms with E-state index in [-0.39, 0.29) is 5.91 Å². The lowest BCUT2D eigenvalue weighted by Gasteiger charge is -2.11. The van der Waals surface area contributed by atoms with Crippen LogP contribution in [0, 0.1) is 6.92 Å². The molecule has 1 aromatic carbocycles. The van der Waals surface area contributed by atoms with Crippen LogP contribution in [-0.4, -0.2) is 25.0 Å². The largest absolute Gasteiger partial charge is 0.352 e. The van der Waals surface area contributed by atoms with E-state index < -0.39 is 0 Å². The van der Waals surface area contributed by atoms with Crippen molar-refractivity contribution in [3.63, 3.8) is 0 Å². The molecule has 2 N–H and O–H groups in total. The Balaban J connectivity index is 1.79. The van der Waals surface area contributed by atoms with E-state index in [1.807, 2.05) is 6.07 Å². The number of amides is 1. The maximum absolute atomic E-state index is 11.8. The maximum atomic E-state index is 11.8. The molecule has 0 radical (unpaired) electrons. The van der Waals surface area contributed by atoms with Gasteiger partial charge in [0, 0.05) is 23.5 Å². The van der Waals surface area contributed by atoms with Gasteiger partial charge in [0.1, 0.15) is 0 Å². The number of hydrogen-bond acceptors (Lipinski definition) is 2. The molecule has 0 saturated carbocycles. The lowest BCUT2D eigenvalue weighted by atomic mass is 10.1. The van der Waals surface area contributed by atoms with Gasteiger partial charge < -0.3 is 10.6 Å². The first-order chi connectivity index (χ1) is 8.65. The molecule has 0 aromatic heterocycles. The predicted molar refractivity (Wildman–Crippen MR) is 76.6 cm³/mol. The third kappa shape index (κ3) is 3.82. The van der Waals surface area contributed by atoms with Gasteiger partial charge in [-0.15, -0.1) is 0 Å². The number of nitrogens with one attached hydrogen (secondary N) is 2. The van der Waals surface area contributed by atoms with Crippen molar-refractivity contribution in [2.24, 2.45) is 0 Å². The molecule has 3 nitrogen and oxygen atoms in total. The molecule has 4 heteroatoms. The Bertz CT molecular complexity index is 428. The topological polar surface area (TPSA) is 41.1 Å². The van der Waals surface area contributed by atoms with Crippen molar-refractivity contribution in [1.29, 1.82) is 0 Å². The van der Waals surface area contributed by atoms with Gasteiger partial charge in [-0.3, -0.25) is 4.79 Å². The van der Waals surface area contributed by atoms with Crippen LogP contribution in [0.3, 0.4) is 0 Å². The Morgan fingerprint density at radius 2 is 2.39 bits per heavy atom. The van der Waals surface area contributed by atoms with Crippen LogP contribution >= 0.6 is 15.9 Å². The zero-order valence-electron chi connectivity index (χ0n) is 10.6. The van der Waals surface area contributed by atoms with Gasteiger partial charge in [-0.25, -0.2) is 0 Å². The first kappa shape index (κ1) is 13.6. The summed E-state index contributed by atoms with van der Waals surface area (Å²) in [6.45, 7) is 3.98. The summed E-state index contributed by atoms with van der Waals surface area (Å²) in [5.74, 6) is 0.157. The monoisotopic (exact) mass is 310 g/mol. The fourth-order valence-electron chi connectivity index (χ4n) is 2.20. The van der Waals surface area contributed by atoms with Crippen molar-refractivity contribution in [1.82, 2.24) is 10.6 Å². The molecular weight excluding hydrogens is 292 g/mol. The van der Waals surface area contributed by atoms with Crippen LogP contribution in [0.5, 0.6) is 0 Å². The number of rotatable bonds is 4. The van der Waals surface area contributed by atoms with E-state index in [9.17, 15) is 4.79 Å². The molecule has 18 heavy (non-hydrogen) atoms. The average Bonchev–Trinajstić information content (AvgIpc) is 2.83. The molecule has 98 valence electrons. The standard InChI is InChI=1S/C14H19BrN2O/c1-10-8-11(2-4-13(10)15)3-5-14(18)17-12-6-7-16-9-12/h2,4,8,12,16H,3,5-7,9H2,1H3,(H,17,18). The summed E-state index contributed by atoms with van der Waals surface area (Å²) in [6, 6.07) is 6.57. The highest BCUT2D eigenvalue weighted by Crippen LogP contribution is 2.17. The van der Waals surface area contributed by atoms with Crippen LogP contribution in [0.2, 0.25) is 0 Å². The Hall–Kier alpha value is -0.870. The minimum atomic E-state index is 0.157. The third-order valence-corrected chi connectivity index (χ3v) is 4.18. The molecule has 0 bridgehead atoms. The van der Waals surface area contributed by atoms with Crippen molar-refractivity contribution in [3.8, 4) is 0 Å². The van der Waals surface area contributed by atoms with Gasteiger partial charge in [0.05, 0.1) is 0 Å². The molecule has 2 rings (SSSR count). The van der Waals surface area contributed by atoms with E-state index in [1.54, 1.807) is 0 Å². The quantitative estimate of drug-likeness (QED) is 0.895. The van der Waals surface area contributed by atoms with Crippen LogP contribution in [0.1, 0.15) is 24.0 Å². The van der Waals surface area contributed by atoms with Gasteiger partial charge in [0.15, 0.2) is 0 Å². The lowest BCUT2D eigenvalue weighted by molar-refractivity contribution is -0.121. The number of benzene rings is 1. The van der Waals surface area contributed by atoms with E-state index in [0.29, 0.717) is 12.5 Å². The summed E-state index contributed by atoms with van der Waals surface area (Å²) < 4.78 is 1.12. The first-order valence-corrected chi connectivity index (χ1v) is 7.19. The van der Waals surface area contributed by atoms with E-state index in [1.165, 1.54) is 11.1 Å². The molecule has 1 aromatic rings. The average molecular weight is 311 g/mol. The highest BCUT2D eigenvalue weighted by molar-refractivity contribution is 9.10. The second-order valence-corrected chi connectivity index (χ2v) is 5.70. The molecule has 1 saturated heterocycles. The van der Waals surface area contributed by atoms with Crippen molar-refractivity contribution in [2.45, 2.75) is 32.2 Å². The highest BCUT2D eigenvalue weighted by Gasteiger charge is 2.16. The Kier molecular flexibility index (Phi) is 4.78. The molecule has 0 aliphatic carbocycles. The van der Waals surface area contributed by atoms with Crippen LogP contribution in [0.15, 0.2) is 22.7 Å². The number of hydrogen-bond donors (Lipinski definition) is 2. The summed E-state index contributed by atoms with van der Waals surface area (Å²) in [6.07, 6.45) is 2.42. The van der Waals surface area contributed by atoms with Crippen molar-refractivity contribution < 1.29 is 4.79 Å². The van der Waals surface area contributed by atoms with E-state index in [4.69, 9.17) is 0 Å². The molecule has 1 unspecified atom stereocenters. The predicted octanol–water partition coefficient (Wildman–Crippen LogP) is 2.17. The van der Waals surface area contributed by atoms with Crippen LogP contribution in [0.25, 0.3) is 0 Å². The fourth-order valence-corrected chi connectivity index (χ4v) is 2.44. The summed E-state index contributed by atoms with van der Waals surface area (Å²) in [5.41, 5.74) is 2.43. The molecular formula is C14H19BrN2O. The van der Waals surface area contributed by atoms with Gasteiger partial charge in [0.25, 0.3) is 0 Å². The minimum Gasteiger partial charge on any atom is -0.352 e. The third-order valence-electron chi connectivity index (χ3n) is 3.29. The fraction of sp³-hybridized carbons (Fsp3) is 0.500. The molecule has 0 spiro atoms. The second kappa shape index (κ2) is 6.34. The SMILES string of the molecule is Cc1cc(CCC(=O)NC2CCNC2)ccc1Br. The second-order valence-electron chi connectivity index (χ2n) is 4.84. The lowest BCUT2D eigenvalue weighted by Crippen LogP contribution is -2.36. The van der Waals surface area contributed by atoms with Crippen LogP contribution in [-0.2, 0) is 11.2 Å². The Labute approximate surface area is 116 Å².